The lowest BCUT2D eigenvalue weighted by atomic mass is 9.93. The molecule has 0 radical (unpaired) electrons. The molecule has 0 aliphatic carbocycles. The summed E-state index contributed by atoms with van der Waals surface area (Å²) in [4.78, 5) is 0. The summed E-state index contributed by atoms with van der Waals surface area (Å²) in [6.07, 6.45) is 0. The Morgan fingerprint density at radius 2 is 1.85 bits per heavy atom. The van der Waals surface area contributed by atoms with Crippen molar-refractivity contribution in [1.29, 1.82) is 0 Å². The van der Waals surface area contributed by atoms with Crippen LogP contribution >= 0.6 is 0 Å². The molecule has 0 bridgehead atoms. The van der Waals surface area contributed by atoms with Crippen LogP contribution in [0.5, 0.6) is 0 Å². The van der Waals surface area contributed by atoms with E-state index in [1.54, 1.807) is 0 Å². The number of hydrogen-bond acceptors (Lipinski definition) is 1. The van der Waals surface area contributed by atoms with Crippen LogP contribution in [0.4, 0.5) is 0 Å². The Balaban J connectivity index is 2.74. The minimum atomic E-state index is -0.291. The van der Waals surface area contributed by atoms with Crippen molar-refractivity contribution in [1.82, 2.24) is 0 Å². The molecule has 1 N–H and O–H groups in total. The highest BCUT2D eigenvalue weighted by atomic mass is 16.5. The Labute approximate surface area is 78.1 Å². The molecule has 1 aliphatic heterocycles. The number of hydrogen-bond donors (Lipinski definition) is 1. The molecule has 13 heavy (non-hydrogen) atoms. The van der Waals surface area contributed by atoms with E-state index in [1.165, 1.54) is 10.3 Å². The molecule has 2 nitrogen and oxygen atoms in total. The second-order valence-electron chi connectivity index (χ2n) is 4.00. The second kappa shape index (κ2) is 2.34. The van der Waals surface area contributed by atoms with Crippen LogP contribution in [-0.4, -0.2) is 15.7 Å². The first kappa shape index (κ1) is 8.30. The highest BCUT2D eigenvalue weighted by molar-refractivity contribution is 5.98. The van der Waals surface area contributed by atoms with Crippen molar-refractivity contribution in [3.63, 3.8) is 0 Å². The van der Waals surface area contributed by atoms with Gasteiger partial charge in [0, 0.05) is 26.3 Å². The standard InChI is InChI=1S/C11H14NO/c1-8-9-6-4-5-7-10(9)11(2,3)12(8)13/h4-7,13H,1-3H3/q+1. The van der Waals surface area contributed by atoms with E-state index in [2.05, 4.69) is 6.07 Å². The smallest absolute Gasteiger partial charge is 0.233 e. The molecule has 0 unspecified atom stereocenters. The summed E-state index contributed by atoms with van der Waals surface area (Å²) in [6, 6.07) is 8.11. The van der Waals surface area contributed by atoms with Crippen molar-refractivity contribution in [2.75, 3.05) is 0 Å². The van der Waals surface area contributed by atoms with Crippen LogP contribution in [0.3, 0.4) is 0 Å². The molecule has 0 saturated heterocycles. The summed E-state index contributed by atoms with van der Waals surface area (Å²) >= 11 is 0. The van der Waals surface area contributed by atoms with Crippen LogP contribution in [0, 0.1) is 0 Å². The Bertz CT molecular complexity index is 391. The Hall–Kier alpha value is -1.31. The fourth-order valence-electron chi connectivity index (χ4n) is 1.98. The average molecular weight is 176 g/mol. The molecule has 0 amide bonds. The van der Waals surface area contributed by atoms with Gasteiger partial charge in [-0.1, -0.05) is 18.2 Å². The zero-order chi connectivity index (χ0) is 9.64. The van der Waals surface area contributed by atoms with Gasteiger partial charge in [-0.05, 0) is 10.8 Å². The number of nitrogens with zero attached hydrogens (tertiary/aromatic N) is 1. The maximum absolute atomic E-state index is 9.84. The lowest BCUT2D eigenvalue weighted by Crippen LogP contribution is -2.28. The highest BCUT2D eigenvalue weighted by Crippen LogP contribution is 2.32. The predicted octanol–water partition coefficient (Wildman–Crippen LogP) is 2.15. The van der Waals surface area contributed by atoms with Gasteiger partial charge < -0.3 is 0 Å². The fourth-order valence-corrected chi connectivity index (χ4v) is 1.98. The molecule has 68 valence electrons. The topological polar surface area (TPSA) is 23.2 Å². The number of rotatable bonds is 0. The first-order valence-electron chi connectivity index (χ1n) is 4.47. The van der Waals surface area contributed by atoms with E-state index in [-0.39, 0.29) is 5.54 Å². The summed E-state index contributed by atoms with van der Waals surface area (Å²) in [5.74, 6) is 0. The minimum absolute atomic E-state index is 0.291. The van der Waals surface area contributed by atoms with Crippen LogP contribution in [0.15, 0.2) is 24.3 Å². The number of fused-ring (bicyclic) bond motifs is 1. The van der Waals surface area contributed by atoms with Crippen LogP contribution < -0.4 is 0 Å². The van der Waals surface area contributed by atoms with E-state index >= 15 is 0 Å². The Kier molecular flexibility index (Phi) is 1.50. The van der Waals surface area contributed by atoms with E-state index < -0.39 is 0 Å². The molecule has 0 saturated carbocycles. The van der Waals surface area contributed by atoms with Gasteiger partial charge in [0.15, 0.2) is 0 Å². The maximum Gasteiger partial charge on any atom is 0.233 e. The summed E-state index contributed by atoms with van der Waals surface area (Å²) in [5.41, 5.74) is 2.98. The summed E-state index contributed by atoms with van der Waals surface area (Å²) < 4.78 is 1.34. The largest absolute Gasteiger partial charge is 0.290 e. The fraction of sp³-hybridized carbons (Fsp3) is 0.364. The first-order chi connectivity index (χ1) is 6.05. The summed E-state index contributed by atoms with van der Waals surface area (Å²) in [7, 11) is 0. The van der Waals surface area contributed by atoms with Gasteiger partial charge in [-0.15, -0.1) is 0 Å². The van der Waals surface area contributed by atoms with Gasteiger partial charge >= 0.3 is 0 Å². The molecule has 0 spiro atoms. The molecule has 0 aromatic heterocycles. The van der Waals surface area contributed by atoms with Crippen molar-refractivity contribution < 1.29 is 9.95 Å². The van der Waals surface area contributed by atoms with Gasteiger partial charge in [-0.3, -0.25) is 5.21 Å². The van der Waals surface area contributed by atoms with Gasteiger partial charge in [0.25, 0.3) is 0 Å². The zero-order valence-corrected chi connectivity index (χ0v) is 8.20. The molecule has 1 aliphatic rings. The summed E-state index contributed by atoms with van der Waals surface area (Å²) in [5, 5.41) is 9.84. The normalized spacial score (nSPS) is 19.0. The SMILES string of the molecule is CC1=[N+](O)C(C)(C)c2ccccc21. The van der Waals surface area contributed by atoms with Gasteiger partial charge in [0.1, 0.15) is 0 Å². The first-order valence-corrected chi connectivity index (χ1v) is 4.47. The van der Waals surface area contributed by atoms with Gasteiger partial charge in [-0.25, -0.2) is 0 Å². The third-order valence-electron chi connectivity index (χ3n) is 2.82. The molecule has 0 fully saturated rings. The van der Waals surface area contributed by atoms with Crippen molar-refractivity contribution in [3.8, 4) is 0 Å². The molecule has 1 aromatic rings. The van der Waals surface area contributed by atoms with Crippen molar-refractivity contribution >= 4 is 5.71 Å². The third-order valence-corrected chi connectivity index (χ3v) is 2.82. The van der Waals surface area contributed by atoms with Crippen LogP contribution in [0.25, 0.3) is 0 Å². The molecule has 0 atom stereocenters. The van der Waals surface area contributed by atoms with Crippen LogP contribution in [0.2, 0.25) is 0 Å². The number of hydroxylamine groups is 1. The molecular weight excluding hydrogens is 162 g/mol. The van der Waals surface area contributed by atoms with E-state index in [0.717, 1.165) is 11.3 Å². The molecule has 2 heteroatoms. The van der Waals surface area contributed by atoms with Crippen molar-refractivity contribution in [3.05, 3.63) is 35.4 Å². The lowest BCUT2D eigenvalue weighted by Gasteiger charge is -2.11. The quantitative estimate of drug-likeness (QED) is 0.475. The Morgan fingerprint density at radius 1 is 1.23 bits per heavy atom. The second-order valence-corrected chi connectivity index (χ2v) is 4.00. The Morgan fingerprint density at radius 3 is 2.46 bits per heavy atom. The molecule has 2 rings (SSSR count). The highest BCUT2D eigenvalue weighted by Gasteiger charge is 2.44. The zero-order valence-electron chi connectivity index (χ0n) is 8.20. The van der Waals surface area contributed by atoms with Crippen molar-refractivity contribution in [2.45, 2.75) is 26.3 Å². The molecule has 1 aromatic carbocycles. The van der Waals surface area contributed by atoms with Gasteiger partial charge in [0.2, 0.25) is 11.3 Å². The van der Waals surface area contributed by atoms with Gasteiger partial charge in [0.05, 0.1) is 5.56 Å². The van der Waals surface area contributed by atoms with E-state index in [9.17, 15) is 5.21 Å². The van der Waals surface area contributed by atoms with Gasteiger partial charge in [-0.2, -0.15) is 0 Å². The number of benzene rings is 1. The molecule has 1 heterocycles. The van der Waals surface area contributed by atoms with Crippen LogP contribution in [-0.2, 0) is 5.54 Å². The van der Waals surface area contributed by atoms with E-state index in [0.29, 0.717) is 0 Å². The minimum Gasteiger partial charge on any atom is -0.290 e. The van der Waals surface area contributed by atoms with Crippen molar-refractivity contribution in [2.24, 2.45) is 0 Å². The summed E-state index contributed by atoms with van der Waals surface area (Å²) in [6.45, 7) is 5.97. The third kappa shape index (κ3) is 0.916. The monoisotopic (exact) mass is 176 g/mol. The average Bonchev–Trinajstić information content (AvgIpc) is 2.30. The molecular formula is C11H14NO+. The van der Waals surface area contributed by atoms with Crippen LogP contribution in [0.1, 0.15) is 31.9 Å². The maximum atomic E-state index is 9.84. The van der Waals surface area contributed by atoms with E-state index in [4.69, 9.17) is 0 Å². The lowest BCUT2D eigenvalue weighted by molar-refractivity contribution is -0.826. The van der Waals surface area contributed by atoms with E-state index in [1.807, 2.05) is 39.0 Å². The predicted molar refractivity (Wildman–Crippen MR) is 51.3 cm³/mol.